The Kier molecular flexibility index (Phi) is 4.52. The van der Waals surface area contributed by atoms with Gasteiger partial charge in [0.25, 0.3) is 0 Å². The molecule has 0 bridgehead atoms. The zero-order chi connectivity index (χ0) is 12.3. The molecule has 1 aromatic carbocycles. The number of aryl methyl sites for hydroxylation is 1. The standard InChI is InChI=1S/C15H22OS/c1-11-4-3-5-14(9-11)17-15-7-6-12(2)8-13(15)10-16/h6-8,11,14,16H,3-5,9-10H2,1-2H3. The van der Waals surface area contributed by atoms with E-state index in [2.05, 4.69) is 32.0 Å². The van der Waals surface area contributed by atoms with Crippen LogP contribution in [-0.2, 0) is 6.61 Å². The summed E-state index contributed by atoms with van der Waals surface area (Å²) >= 11 is 1.97. The minimum absolute atomic E-state index is 0.159. The molecule has 0 heterocycles. The summed E-state index contributed by atoms with van der Waals surface area (Å²) in [7, 11) is 0. The van der Waals surface area contributed by atoms with Crippen molar-refractivity contribution in [2.45, 2.75) is 56.3 Å². The van der Waals surface area contributed by atoms with E-state index in [0.717, 1.165) is 16.7 Å². The molecule has 1 saturated carbocycles. The monoisotopic (exact) mass is 250 g/mol. The van der Waals surface area contributed by atoms with Gasteiger partial charge in [-0.05, 0) is 37.3 Å². The summed E-state index contributed by atoms with van der Waals surface area (Å²) in [5.41, 5.74) is 2.32. The lowest BCUT2D eigenvalue weighted by molar-refractivity contribution is 0.279. The highest BCUT2D eigenvalue weighted by molar-refractivity contribution is 8.00. The Hall–Kier alpha value is -0.470. The topological polar surface area (TPSA) is 20.2 Å². The van der Waals surface area contributed by atoms with Crippen LogP contribution in [-0.4, -0.2) is 10.4 Å². The Bertz CT molecular complexity index is 375. The molecule has 1 nitrogen and oxygen atoms in total. The van der Waals surface area contributed by atoms with Crippen molar-refractivity contribution in [3.05, 3.63) is 29.3 Å². The number of thioether (sulfide) groups is 1. The van der Waals surface area contributed by atoms with E-state index in [-0.39, 0.29) is 6.61 Å². The number of aliphatic hydroxyl groups is 1. The summed E-state index contributed by atoms with van der Waals surface area (Å²) in [6.07, 6.45) is 5.40. The fraction of sp³-hybridized carbons (Fsp3) is 0.600. The van der Waals surface area contributed by atoms with Crippen LogP contribution in [0.2, 0.25) is 0 Å². The SMILES string of the molecule is Cc1ccc(SC2CCCC(C)C2)c(CO)c1. The van der Waals surface area contributed by atoms with E-state index in [9.17, 15) is 5.11 Å². The number of hydrogen-bond donors (Lipinski definition) is 1. The Morgan fingerprint density at radius 1 is 1.35 bits per heavy atom. The number of rotatable bonds is 3. The van der Waals surface area contributed by atoms with E-state index in [1.807, 2.05) is 11.8 Å². The number of hydrogen-bond acceptors (Lipinski definition) is 2. The maximum Gasteiger partial charge on any atom is 0.0692 e. The van der Waals surface area contributed by atoms with Crippen molar-refractivity contribution < 1.29 is 5.11 Å². The third-order valence-corrected chi connectivity index (χ3v) is 4.98. The largest absolute Gasteiger partial charge is 0.392 e. The van der Waals surface area contributed by atoms with Gasteiger partial charge < -0.3 is 5.11 Å². The maximum absolute atomic E-state index is 9.41. The van der Waals surface area contributed by atoms with Gasteiger partial charge in [0, 0.05) is 10.1 Å². The molecular weight excluding hydrogens is 228 g/mol. The van der Waals surface area contributed by atoms with Crippen molar-refractivity contribution in [2.75, 3.05) is 0 Å². The van der Waals surface area contributed by atoms with E-state index in [0.29, 0.717) is 0 Å². The lowest BCUT2D eigenvalue weighted by Crippen LogP contribution is -2.15. The quantitative estimate of drug-likeness (QED) is 0.869. The van der Waals surface area contributed by atoms with Crippen molar-refractivity contribution in [2.24, 2.45) is 5.92 Å². The lowest BCUT2D eigenvalue weighted by Gasteiger charge is -2.26. The maximum atomic E-state index is 9.41. The molecule has 0 saturated heterocycles. The van der Waals surface area contributed by atoms with Crippen LogP contribution in [0.4, 0.5) is 0 Å². The highest BCUT2D eigenvalue weighted by Gasteiger charge is 2.20. The summed E-state index contributed by atoms with van der Waals surface area (Å²) in [4.78, 5) is 1.28. The lowest BCUT2D eigenvalue weighted by atomic mass is 9.91. The van der Waals surface area contributed by atoms with Gasteiger partial charge in [0.15, 0.2) is 0 Å². The molecule has 0 spiro atoms. The first-order valence-corrected chi connectivity index (χ1v) is 7.44. The second-order valence-electron chi connectivity index (χ2n) is 5.28. The predicted octanol–water partition coefficient (Wildman–Crippen LogP) is 4.16. The normalized spacial score (nSPS) is 24.9. The molecule has 1 N–H and O–H groups in total. The fourth-order valence-corrected chi connectivity index (χ4v) is 4.10. The van der Waals surface area contributed by atoms with Crippen LogP contribution >= 0.6 is 11.8 Å². The Morgan fingerprint density at radius 2 is 2.18 bits per heavy atom. The Morgan fingerprint density at radius 3 is 2.88 bits per heavy atom. The van der Waals surface area contributed by atoms with Gasteiger partial charge in [0.2, 0.25) is 0 Å². The Balaban J connectivity index is 2.07. The summed E-state index contributed by atoms with van der Waals surface area (Å²) in [5, 5.41) is 10.2. The molecule has 1 aliphatic rings. The van der Waals surface area contributed by atoms with Crippen LogP contribution in [0.15, 0.2) is 23.1 Å². The van der Waals surface area contributed by atoms with Gasteiger partial charge in [-0.3, -0.25) is 0 Å². The zero-order valence-corrected chi connectivity index (χ0v) is 11.6. The van der Waals surface area contributed by atoms with Crippen molar-refractivity contribution in [3.63, 3.8) is 0 Å². The highest BCUT2D eigenvalue weighted by atomic mass is 32.2. The van der Waals surface area contributed by atoms with Gasteiger partial charge in [-0.1, -0.05) is 37.5 Å². The minimum Gasteiger partial charge on any atom is -0.392 e. The van der Waals surface area contributed by atoms with Crippen LogP contribution in [0.1, 0.15) is 43.7 Å². The Labute approximate surface area is 109 Å². The molecule has 1 aliphatic carbocycles. The van der Waals surface area contributed by atoms with Gasteiger partial charge in [-0.2, -0.15) is 0 Å². The predicted molar refractivity (Wildman–Crippen MR) is 74.4 cm³/mol. The second-order valence-corrected chi connectivity index (χ2v) is 6.62. The summed E-state index contributed by atoms with van der Waals surface area (Å²) < 4.78 is 0. The molecule has 2 heteroatoms. The number of aliphatic hydroxyl groups excluding tert-OH is 1. The molecule has 17 heavy (non-hydrogen) atoms. The first kappa shape index (κ1) is 13.0. The van der Waals surface area contributed by atoms with Crippen LogP contribution in [0, 0.1) is 12.8 Å². The summed E-state index contributed by atoms with van der Waals surface area (Å²) in [6, 6.07) is 6.42. The molecule has 1 fully saturated rings. The summed E-state index contributed by atoms with van der Waals surface area (Å²) in [6.45, 7) is 4.59. The van der Waals surface area contributed by atoms with Crippen LogP contribution < -0.4 is 0 Å². The first-order chi connectivity index (χ1) is 8.19. The minimum atomic E-state index is 0.159. The molecule has 2 atom stereocenters. The molecule has 0 amide bonds. The first-order valence-electron chi connectivity index (χ1n) is 6.56. The van der Waals surface area contributed by atoms with Crippen LogP contribution in [0.5, 0.6) is 0 Å². The smallest absolute Gasteiger partial charge is 0.0692 e. The van der Waals surface area contributed by atoms with Crippen molar-refractivity contribution >= 4 is 11.8 Å². The molecule has 0 radical (unpaired) electrons. The summed E-state index contributed by atoms with van der Waals surface area (Å²) in [5.74, 6) is 0.865. The van der Waals surface area contributed by atoms with E-state index in [1.54, 1.807) is 0 Å². The van der Waals surface area contributed by atoms with E-state index in [1.165, 1.54) is 36.1 Å². The number of benzene rings is 1. The van der Waals surface area contributed by atoms with Gasteiger partial charge in [0.1, 0.15) is 0 Å². The van der Waals surface area contributed by atoms with E-state index < -0.39 is 0 Å². The van der Waals surface area contributed by atoms with Crippen molar-refractivity contribution in [3.8, 4) is 0 Å². The molecule has 1 aromatic rings. The third-order valence-electron chi connectivity index (χ3n) is 3.57. The fourth-order valence-electron chi connectivity index (χ4n) is 2.61. The van der Waals surface area contributed by atoms with Crippen molar-refractivity contribution in [1.82, 2.24) is 0 Å². The molecular formula is C15H22OS. The van der Waals surface area contributed by atoms with Crippen LogP contribution in [0.25, 0.3) is 0 Å². The van der Waals surface area contributed by atoms with Gasteiger partial charge >= 0.3 is 0 Å². The average Bonchev–Trinajstić information content (AvgIpc) is 2.31. The molecule has 0 aliphatic heterocycles. The van der Waals surface area contributed by atoms with Crippen molar-refractivity contribution in [1.29, 1.82) is 0 Å². The molecule has 94 valence electrons. The highest BCUT2D eigenvalue weighted by Crippen LogP contribution is 2.37. The molecule has 0 aromatic heterocycles. The van der Waals surface area contributed by atoms with E-state index in [4.69, 9.17) is 0 Å². The van der Waals surface area contributed by atoms with E-state index >= 15 is 0 Å². The van der Waals surface area contributed by atoms with Crippen LogP contribution in [0.3, 0.4) is 0 Å². The second kappa shape index (κ2) is 5.92. The average molecular weight is 250 g/mol. The molecule has 2 unspecified atom stereocenters. The third kappa shape index (κ3) is 3.49. The van der Waals surface area contributed by atoms with Gasteiger partial charge in [-0.25, -0.2) is 0 Å². The zero-order valence-electron chi connectivity index (χ0n) is 10.8. The molecule has 2 rings (SSSR count). The van der Waals surface area contributed by atoms with Gasteiger partial charge in [-0.15, -0.1) is 11.8 Å². The van der Waals surface area contributed by atoms with Gasteiger partial charge in [0.05, 0.1) is 6.61 Å².